The van der Waals surface area contributed by atoms with Gasteiger partial charge in [-0.1, -0.05) is 30.3 Å². The SMILES string of the molecule is COc1ccc(/C=C2\Sc3nnc(C)n3N=C2C)c2ccccc12. The lowest BCUT2D eigenvalue weighted by molar-refractivity contribution is 0.420. The molecule has 5 nitrogen and oxygen atoms in total. The molecule has 4 rings (SSSR count). The largest absolute Gasteiger partial charge is 0.496 e. The van der Waals surface area contributed by atoms with Gasteiger partial charge in [-0.3, -0.25) is 0 Å². The van der Waals surface area contributed by atoms with Crippen LogP contribution < -0.4 is 4.74 Å². The van der Waals surface area contributed by atoms with Crippen LogP contribution >= 0.6 is 11.8 Å². The third-order valence-corrected chi connectivity index (χ3v) is 5.07. The number of thioether (sulfide) groups is 1. The van der Waals surface area contributed by atoms with E-state index in [1.807, 2.05) is 32.0 Å². The minimum absolute atomic E-state index is 0.794. The summed E-state index contributed by atoms with van der Waals surface area (Å²) >= 11 is 1.59. The van der Waals surface area contributed by atoms with Gasteiger partial charge in [0.2, 0.25) is 5.16 Å². The van der Waals surface area contributed by atoms with Crippen LogP contribution in [0.25, 0.3) is 16.8 Å². The average molecular weight is 336 g/mol. The Bertz CT molecular complexity index is 1000. The van der Waals surface area contributed by atoms with Crippen LogP contribution in [0, 0.1) is 6.92 Å². The summed E-state index contributed by atoms with van der Waals surface area (Å²) in [6.07, 6.45) is 2.15. The second kappa shape index (κ2) is 5.79. The van der Waals surface area contributed by atoms with E-state index in [2.05, 4.69) is 39.6 Å². The van der Waals surface area contributed by atoms with E-state index in [9.17, 15) is 0 Å². The Hall–Kier alpha value is -2.60. The van der Waals surface area contributed by atoms with Crippen LogP contribution in [0.5, 0.6) is 5.75 Å². The predicted octanol–water partition coefficient (Wildman–Crippen LogP) is 4.12. The smallest absolute Gasteiger partial charge is 0.216 e. The number of ether oxygens (including phenoxy) is 1. The van der Waals surface area contributed by atoms with Gasteiger partial charge in [-0.25, -0.2) is 0 Å². The number of aryl methyl sites for hydroxylation is 1. The molecular formula is C18H16N4OS. The van der Waals surface area contributed by atoms with Gasteiger partial charge in [0.05, 0.1) is 12.8 Å². The number of hydrogen-bond acceptors (Lipinski definition) is 5. The van der Waals surface area contributed by atoms with E-state index in [0.717, 1.165) is 43.7 Å². The first kappa shape index (κ1) is 15.0. The van der Waals surface area contributed by atoms with E-state index in [1.165, 1.54) is 0 Å². The van der Waals surface area contributed by atoms with Crippen LogP contribution in [0.2, 0.25) is 0 Å². The molecule has 0 bridgehead atoms. The average Bonchev–Trinajstić information content (AvgIpc) is 2.96. The van der Waals surface area contributed by atoms with Crippen molar-refractivity contribution in [2.75, 3.05) is 7.11 Å². The summed E-state index contributed by atoms with van der Waals surface area (Å²) in [7, 11) is 1.70. The minimum atomic E-state index is 0.794. The molecule has 6 heteroatoms. The zero-order chi connectivity index (χ0) is 16.7. The number of nitrogens with zero attached hydrogens (tertiary/aromatic N) is 4. The molecule has 0 radical (unpaired) electrons. The first-order valence-corrected chi connectivity index (χ1v) is 8.42. The molecule has 0 amide bonds. The second-order valence-electron chi connectivity index (χ2n) is 5.54. The van der Waals surface area contributed by atoms with Crippen LogP contribution in [0.1, 0.15) is 18.3 Å². The number of benzene rings is 2. The number of allylic oxidation sites excluding steroid dienone is 1. The van der Waals surface area contributed by atoms with E-state index < -0.39 is 0 Å². The maximum Gasteiger partial charge on any atom is 0.216 e. The molecule has 0 fully saturated rings. The maximum atomic E-state index is 5.47. The molecule has 0 saturated carbocycles. The highest BCUT2D eigenvalue weighted by atomic mass is 32.2. The number of hydrogen-bond donors (Lipinski definition) is 0. The van der Waals surface area contributed by atoms with Crippen molar-refractivity contribution in [1.29, 1.82) is 0 Å². The highest BCUT2D eigenvalue weighted by Crippen LogP contribution is 2.35. The van der Waals surface area contributed by atoms with Gasteiger partial charge < -0.3 is 4.74 Å². The first-order valence-electron chi connectivity index (χ1n) is 7.60. The van der Waals surface area contributed by atoms with Crippen molar-refractivity contribution < 1.29 is 4.74 Å². The molecule has 1 aliphatic heterocycles. The normalized spacial score (nSPS) is 15.5. The Morgan fingerprint density at radius 3 is 2.62 bits per heavy atom. The van der Waals surface area contributed by atoms with E-state index in [0.29, 0.717) is 0 Å². The molecule has 24 heavy (non-hydrogen) atoms. The van der Waals surface area contributed by atoms with Crippen molar-refractivity contribution in [3.8, 4) is 5.75 Å². The molecule has 2 heterocycles. The molecule has 0 spiro atoms. The first-order chi connectivity index (χ1) is 11.7. The summed E-state index contributed by atoms with van der Waals surface area (Å²) in [4.78, 5) is 1.07. The molecule has 0 aliphatic carbocycles. The third-order valence-electron chi connectivity index (χ3n) is 4.00. The van der Waals surface area contributed by atoms with Gasteiger partial charge in [-0.05, 0) is 48.7 Å². The lowest BCUT2D eigenvalue weighted by atomic mass is 10.0. The standard InChI is InChI=1S/C18H16N4OS/c1-11-17(24-18-20-19-12(2)22(18)21-11)10-13-8-9-16(23-3)15-7-5-4-6-14(13)15/h4-10H,1-3H3/b17-10-. The fourth-order valence-electron chi connectivity index (χ4n) is 2.76. The molecule has 1 aliphatic rings. The van der Waals surface area contributed by atoms with Gasteiger partial charge >= 0.3 is 0 Å². The molecule has 2 aromatic carbocycles. The van der Waals surface area contributed by atoms with Crippen molar-refractivity contribution in [3.63, 3.8) is 0 Å². The summed E-state index contributed by atoms with van der Waals surface area (Å²) in [6, 6.07) is 12.3. The lowest BCUT2D eigenvalue weighted by Gasteiger charge is -2.14. The van der Waals surface area contributed by atoms with Crippen LogP contribution in [-0.2, 0) is 0 Å². The van der Waals surface area contributed by atoms with Gasteiger partial charge in [0.1, 0.15) is 5.75 Å². The molecular weight excluding hydrogens is 320 g/mol. The number of methoxy groups -OCH3 is 1. The molecule has 0 unspecified atom stereocenters. The molecule has 120 valence electrons. The van der Waals surface area contributed by atoms with Gasteiger partial charge in [0.25, 0.3) is 0 Å². The van der Waals surface area contributed by atoms with Gasteiger partial charge in [0.15, 0.2) is 5.82 Å². The summed E-state index contributed by atoms with van der Waals surface area (Å²) in [5, 5.41) is 15.9. The number of fused-ring (bicyclic) bond motifs is 2. The van der Waals surface area contributed by atoms with Gasteiger partial charge in [-0.2, -0.15) is 9.78 Å². The van der Waals surface area contributed by atoms with Crippen LogP contribution in [0.3, 0.4) is 0 Å². The van der Waals surface area contributed by atoms with Crippen LogP contribution in [0.15, 0.2) is 51.6 Å². The van der Waals surface area contributed by atoms with Crippen molar-refractivity contribution in [3.05, 3.63) is 52.7 Å². The zero-order valence-electron chi connectivity index (χ0n) is 13.6. The van der Waals surface area contributed by atoms with E-state index >= 15 is 0 Å². The molecule has 0 saturated heterocycles. The molecule has 1 aromatic heterocycles. The highest BCUT2D eigenvalue weighted by Gasteiger charge is 2.19. The Morgan fingerprint density at radius 2 is 1.83 bits per heavy atom. The molecule has 0 atom stereocenters. The maximum absolute atomic E-state index is 5.47. The Labute approximate surface area is 144 Å². The Balaban J connectivity index is 1.84. The Morgan fingerprint density at radius 1 is 1.04 bits per heavy atom. The fourth-order valence-corrected chi connectivity index (χ4v) is 3.67. The zero-order valence-corrected chi connectivity index (χ0v) is 14.5. The van der Waals surface area contributed by atoms with Crippen molar-refractivity contribution in [2.24, 2.45) is 5.10 Å². The van der Waals surface area contributed by atoms with Gasteiger partial charge in [-0.15, -0.1) is 10.2 Å². The highest BCUT2D eigenvalue weighted by molar-refractivity contribution is 8.04. The van der Waals surface area contributed by atoms with Crippen molar-refractivity contribution in [2.45, 2.75) is 19.0 Å². The molecule has 3 aromatic rings. The van der Waals surface area contributed by atoms with Crippen LogP contribution in [-0.4, -0.2) is 27.7 Å². The summed E-state index contributed by atoms with van der Waals surface area (Å²) < 4.78 is 7.25. The van der Waals surface area contributed by atoms with Crippen molar-refractivity contribution in [1.82, 2.24) is 14.9 Å². The minimum Gasteiger partial charge on any atom is -0.496 e. The fraction of sp³-hybridized carbons (Fsp3) is 0.167. The second-order valence-corrected chi connectivity index (χ2v) is 6.55. The van der Waals surface area contributed by atoms with E-state index in [4.69, 9.17) is 4.74 Å². The topological polar surface area (TPSA) is 52.3 Å². The number of aromatic nitrogens is 3. The summed E-state index contributed by atoms with van der Waals surface area (Å²) in [6.45, 7) is 3.91. The quantitative estimate of drug-likeness (QED) is 0.706. The number of rotatable bonds is 2. The summed E-state index contributed by atoms with van der Waals surface area (Å²) in [5.74, 6) is 1.68. The third kappa shape index (κ3) is 2.39. The van der Waals surface area contributed by atoms with E-state index in [-0.39, 0.29) is 0 Å². The van der Waals surface area contributed by atoms with Crippen molar-refractivity contribution >= 4 is 34.3 Å². The van der Waals surface area contributed by atoms with Crippen LogP contribution in [0.4, 0.5) is 0 Å². The van der Waals surface area contributed by atoms with E-state index in [1.54, 1.807) is 23.5 Å². The monoisotopic (exact) mass is 336 g/mol. The molecule has 0 N–H and O–H groups in total. The lowest BCUT2D eigenvalue weighted by Crippen LogP contribution is -2.07. The predicted molar refractivity (Wildman–Crippen MR) is 97.6 cm³/mol. The Kier molecular flexibility index (Phi) is 3.61. The van der Waals surface area contributed by atoms with Gasteiger partial charge in [0, 0.05) is 10.3 Å². The summed E-state index contributed by atoms with van der Waals surface area (Å²) in [5.41, 5.74) is 2.09.